The molecule has 1 heterocycles. The maximum Gasteiger partial charge on any atom is 0.320 e. The van der Waals surface area contributed by atoms with Crippen LogP contribution in [0.2, 0.25) is 5.15 Å². The average Bonchev–Trinajstić information content (AvgIpc) is 2.99. The van der Waals surface area contributed by atoms with Crippen molar-refractivity contribution in [3.63, 3.8) is 0 Å². The van der Waals surface area contributed by atoms with Gasteiger partial charge in [0.25, 0.3) is 21.5 Å². The monoisotopic (exact) mass is 684 g/mol. The van der Waals surface area contributed by atoms with Crippen molar-refractivity contribution in [3.8, 4) is 0 Å². The van der Waals surface area contributed by atoms with Gasteiger partial charge in [-0.25, -0.2) is 22.9 Å². The van der Waals surface area contributed by atoms with E-state index >= 15 is 0 Å². The molecule has 1 aromatic heterocycles. The molecule has 0 bridgehead atoms. The van der Waals surface area contributed by atoms with E-state index in [1.54, 1.807) is 39.0 Å². The largest absolute Gasteiger partial charge is 0.333 e. The Balaban J connectivity index is 1.59. The smallest absolute Gasteiger partial charge is 0.320 e. The number of hydrogen-bond donors (Lipinski definition) is 4. The van der Waals surface area contributed by atoms with Crippen LogP contribution in [0.5, 0.6) is 0 Å². The summed E-state index contributed by atoms with van der Waals surface area (Å²) in [5.74, 6) is -1.52. The molecule has 0 radical (unpaired) electrons. The third-order valence-electron chi connectivity index (χ3n) is 7.76. The molecule has 1 aliphatic carbocycles. The summed E-state index contributed by atoms with van der Waals surface area (Å²) in [6, 6.07) is 11.3. The number of nitrogens with one attached hydrogen (secondary N) is 4. The van der Waals surface area contributed by atoms with Gasteiger partial charge in [0.2, 0.25) is 11.7 Å². The number of carbonyl (C=O) groups is 3. The van der Waals surface area contributed by atoms with E-state index in [0.717, 1.165) is 37.7 Å². The van der Waals surface area contributed by atoms with E-state index in [1.165, 1.54) is 41.3 Å². The Morgan fingerprint density at radius 1 is 0.979 bits per heavy atom. The van der Waals surface area contributed by atoms with Crippen LogP contribution in [-0.2, 0) is 27.8 Å². The van der Waals surface area contributed by atoms with Crippen molar-refractivity contribution in [1.82, 2.24) is 19.6 Å². The van der Waals surface area contributed by atoms with Crippen LogP contribution in [0.4, 0.5) is 16.3 Å². The fourth-order valence-electron chi connectivity index (χ4n) is 5.43. The van der Waals surface area contributed by atoms with Gasteiger partial charge in [-0.05, 0) is 70.7 Å². The number of halogens is 1. The lowest BCUT2D eigenvalue weighted by molar-refractivity contribution is -0.116. The molecule has 0 unspecified atom stereocenters. The zero-order valence-corrected chi connectivity index (χ0v) is 28.6. The van der Waals surface area contributed by atoms with Gasteiger partial charge in [-0.1, -0.05) is 73.5 Å². The molecule has 4 N–H and O–H groups in total. The van der Waals surface area contributed by atoms with Crippen LogP contribution in [0.3, 0.4) is 0 Å². The number of carbonyl (C=O) groups excluding carboxylic acids is 3. The van der Waals surface area contributed by atoms with E-state index in [4.69, 9.17) is 11.6 Å². The Hall–Kier alpha value is -4.23. The number of para-hydroxylation sites is 1. The first-order valence-electron chi connectivity index (χ1n) is 15.5. The van der Waals surface area contributed by atoms with E-state index < -0.39 is 45.5 Å². The molecule has 0 spiro atoms. The van der Waals surface area contributed by atoms with Crippen LogP contribution in [0, 0.1) is 12.8 Å². The minimum absolute atomic E-state index is 0.0136. The molecule has 12 nitrogen and oxygen atoms in total. The van der Waals surface area contributed by atoms with Gasteiger partial charge in [-0.15, -0.1) is 0 Å². The van der Waals surface area contributed by atoms with Gasteiger partial charge in [0, 0.05) is 5.54 Å². The summed E-state index contributed by atoms with van der Waals surface area (Å²) in [5.41, 5.74) is -0.168. The Morgan fingerprint density at radius 2 is 1.64 bits per heavy atom. The van der Waals surface area contributed by atoms with E-state index in [-0.39, 0.29) is 27.1 Å². The molecule has 1 fully saturated rings. The molecule has 0 atom stereocenters. The first-order chi connectivity index (χ1) is 22.1. The Morgan fingerprint density at radius 3 is 2.30 bits per heavy atom. The van der Waals surface area contributed by atoms with Gasteiger partial charge in [-0.2, -0.15) is 0 Å². The second kappa shape index (κ2) is 15.1. The molecule has 0 aliphatic heterocycles. The second-order valence-corrected chi connectivity index (χ2v) is 14.8. The maximum absolute atomic E-state index is 13.7. The summed E-state index contributed by atoms with van der Waals surface area (Å²) in [6.45, 7) is 6.64. The van der Waals surface area contributed by atoms with E-state index in [0.29, 0.717) is 18.0 Å². The summed E-state index contributed by atoms with van der Waals surface area (Å²) in [7, 11) is -4.20. The summed E-state index contributed by atoms with van der Waals surface area (Å²) >= 11 is 6.59. The lowest BCUT2D eigenvalue weighted by Gasteiger charge is -2.23. The Kier molecular flexibility index (Phi) is 11.5. The first-order valence-corrected chi connectivity index (χ1v) is 17.4. The number of rotatable bonds is 10. The van der Waals surface area contributed by atoms with Crippen LogP contribution in [0.25, 0.3) is 0 Å². The van der Waals surface area contributed by atoms with Crippen LogP contribution in [-0.4, -0.2) is 41.4 Å². The Labute approximate surface area is 279 Å². The average molecular weight is 685 g/mol. The number of aryl methyl sites for hydroxylation is 1. The predicted octanol–water partition coefficient (Wildman–Crippen LogP) is 5.40. The minimum atomic E-state index is -4.20. The van der Waals surface area contributed by atoms with Crippen molar-refractivity contribution in [2.24, 2.45) is 5.92 Å². The molecular weight excluding hydrogens is 644 g/mol. The number of nitrogens with zero attached hydrogens (tertiary/aromatic N) is 2. The quantitative estimate of drug-likeness (QED) is 0.222. The summed E-state index contributed by atoms with van der Waals surface area (Å²) < 4.78 is 28.9. The normalized spacial score (nSPS) is 13.9. The standard InChI is InChI=1S/C33H41ClN6O6S/c1-21-14-17-23(18-15-21)47(45,46)39-30(42)24-12-8-9-13-25(24)35-27(41)20-40-26(19-16-22-10-6-5-7-11-22)28(34)36-29(31(40)43)37-32(44)38-33(2,3)4/h8-9,12-15,17-18,22H,5-7,10-11,16,19-20H2,1-4H3,(H,35,41)(H,39,42)(H2,36,37,38,44). The molecule has 252 valence electrons. The Bertz CT molecular complexity index is 1800. The van der Waals surface area contributed by atoms with Crippen molar-refractivity contribution in [2.45, 2.75) is 89.6 Å². The molecule has 2 aromatic carbocycles. The number of aromatic nitrogens is 2. The van der Waals surface area contributed by atoms with Gasteiger partial charge in [-0.3, -0.25) is 24.3 Å². The maximum atomic E-state index is 13.7. The first kappa shape index (κ1) is 35.6. The molecule has 1 saturated carbocycles. The van der Waals surface area contributed by atoms with Gasteiger partial charge in [0.15, 0.2) is 5.15 Å². The molecule has 0 saturated heterocycles. The number of benzene rings is 2. The van der Waals surface area contributed by atoms with E-state index in [9.17, 15) is 27.6 Å². The van der Waals surface area contributed by atoms with Crippen LogP contribution < -0.4 is 26.2 Å². The van der Waals surface area contributed by atoms with Crippen LogP contribution >= 0.6 is 11.6 Å². The second-order valence-electron chi connectivity index (χ2n) is 12.8. The molecule has 14 heteroatoms. The number of sulfonamides is 1. The van der Waals surface area contributed by atoms with Crippen molar-refractivity contribution >= 4 is 51.0 Å². The fraction of sp³-hybridized carbons (Fsp3) is 0.424. The zero-order chi connectivity index (χ0) is 34.4. The summed E-state index contributed by atoms with van der Waals surface area (Å²) in [6.07, 6.45) is 6.75. The van der Waals surface area contributed by atoms with Crippen molar-refractivity contribution in [2.75, 3.05) is 10.6 Å². The highest BCUT2D eigenvalue weighted by atomic mass is 35.5. The summed E-state index contributed by atoms with van der Waals surface area (Å²) in [5, 5.41) is 7.75. The van der Waals surface area contributed by atoms with Crippen molar-refractivity contribution < 1.29 is 22.8 Å². The van der Waals surface area contributed by atoms with Gasteiger partial charge in [0.1, 0.15) is 6.54 Å². The summed E-state index contributed by atoms with van der Waals surface area (Å²) in [4.78, 5) is 56.9. The third kappa shape index (κ3) is 9.88. The van der Waals surface area contributed by atoms with Crippen LogP contribution in [0.15, 0.2) is 58.2 Å². The predicted molar refractivity (Wildman–Crippen MR) is 181 cm³/mol. The molecule has 4 rings (SSSR count). The van der Waals surface area contributed by atoms with E-state index in [1.807, 2.05) is 11.6 Å². The molecule has 4 amide bonds. The molecular formula is C33H41ClN6O6S. The van der Waals surface area contributed by atoms with Gasteiger partial charge in [0.05, 0.1) is 21.8 Å². The molecule has 3 aromatic rings. The molecule has 1 aliphatic rings. The topological polar surface area (TPSA) is 168 Å². The van der Waals surface area contributed by atoms with Crippen LogP contribution in [0.1, 0.15) is 80.9 Å². The SMILES string of the molecule is Cc1ccc(S(=O)(=O)NC(=O)c2ccccc2NC(=O)Cn2c(CCC3CCCCC3)c(Cl)nc(NC(=O)NC(C)(C)C)c2=O)cc1. The zero-order valence-electron chi connectivity index (χ0n) is 27.0. The lowest BCUT2D eigenvalue weighted by atomic mass is 9.86. The number of urea groups is 1. The number of amides is 4. The third-order valence-corrected chi connectivity index (χ3v) is 9.41. The highest BCUT2D eigenvalue weighted by molar-refractivity contribution is 7.90. The van der Waals surface area contributed by atoms with Gasteiger partial charge < -0.3 is 10.6 Å². The van der Waals surface area contributed by atoms with Crippen molar-refractivity contribution in [3.05, 3.63) is 80.9 Å². The highest BCUT2D eigenvalue weighted by Crippen LogP contribution is 2.28. The number of hydrogen-bond acceptors (Lipinski definition) is 7. The fourth-order valence-corrected chi connectivity index (χ4v) is 6.68. The van der Waals surface area contributed by atoms with E-state index in [2.05, 4.69) is 20.9 Å². The minimum Gasteiger partial charge on any atom is -0.333 e. The van der Waals surface area contributed by atoms with Crippen molar-refractivity contribution in [1.29, 1.82) is 0 Å². The molecule has 47 heavy (non-hydrogen) atoms. The number of anilines is 2. The highest BCUT2D eigenvalue weighted by Gasteiger charge is 2.24. The van der Waals surface area contributed by atoms with Gasteiger partial charge >= 0.3 is 6.03 Å². The lowest BCUT2D eigenvalue weighted by Crippen LogP contribution is -2.44.